The largest absolute Gasteiger partial charge is 0.298 e. The molecular weight excluding hydrogens is 182 g/mol. The van der Waals surface area contributed by atoms with E-state index in [0.29, 0.717) is 11.5 Å². The second-order valence-corrected chi connectivity index (χ2v) is 4.19. The standard InChI is InChI=1S/C10H7NOS/c12-8-5-13-10-9(8)6-3-1-2-4-7(6)11-10/h1-4,9H,5H2. The first-order valence-corrected chi connectivity index (χ1v) is 5.18. The molecule has 2 heterocycles. The van der Waals surface area contributed by atoms with E-state index < -0.39 is 0 Å². The molecule has 0 saturated carbocycles. The van der Waals surface area contributed by atoms with Crippen molar-refractivity contribution < 1.29 is 4.79 Å². The summed E-state index contributed by atoms with van der Waals surface area (Å²) < 4.78 is 0. The number of para-hydroxylation sites is 1. The van der Waals surface area contributed by atoms with Gasteiger partial charge in [-0.15, -0.1) is 11.8 Å². The van der Waals surface area contributed by atoms with E-state index in [1.165, 1.54) is 0 Å². The molecule has 0 N–H and O–H groups in total. The number of thioether (sulfide) groups is 1. The molecule has 0 bridgehead atoms. The minimum Gasteiger partial charge on any atom is -0.298 e. The van der Waals surface area contributed by atoms with Gasteiger partial charge in [-0.1, -0.05) is 18.2 Å². The van der Waals surface area contributed by atoms with Crippen LogP contribution < -0.4 is 0 Å². The van der Waals surface area contributed by atoms with Crippen molar-refractivity contribution in [1.29, 1.82) is 0 Å². The van der Waals surface area contributed by atoms with Crippen LogP contribution in [-0.2, 0) is 4.79 Å². The molecule has 0 radical (unpaired) electrons. The zero-order valence-corrected chi connectivity index (χ0v) is 7.67. The van der Waals surface area contributed by atoms with Crippen molar-refractivity contribution in [3.05, 3.63) is 29.8 Å². The van der Waals surface area contributed by atoms with Gasteiger partial charge in [-0.05, 0) is 11.6 Å². The Bertz CT molecular complexity index is 425. The normalized spacial score (nSPS) is 24.2. The Hall–Kier alpha value is -1.09. The average molecular weight is 189 g/mol. The topological polar surface area (TPSA) is 29.4 Å². The van der Waals surface area contributed by atoms with Gasteiger partial charge in [0.15, 0.2) is 5.78 Å². The number of carbonyl (C=O) groups excluding carboxylic acids is 1. The highest BCUT2D eigenvalue weighted by Crippen LogP contribution is 2.43. The Labute approximate surface area is 80.1 Å². The van der Waals surface area contributed by atoms with E-state index in [4.69, 9.17) is 0 Å². The monoisotopic (exact) mass is 189 g/mol. The first kappa shape index (κ1) is 7.33. The number of benzene rings is 1. The molecule has 3 rings (SSSR count). The minimum absolute atomic E-state index is 0.0267. The van der Waals surface area contributed by atoms with Crippen LogP contribution in [0.5, 0.6) is 0 Å². The third-order valence-electron chi connectivity index (χ3n) is 2.41. The summed E-state index contributed by atoms with van der Waals surface area (Å²) in [6, 6.07) is 7.89. The van der Waals surface area contributed by atoms with E-state index in [2.05, 4.69) is 4.99 Å². The van der Waals surface area contributed by atoms with E-state index in [1.807, 2.05) is 24.3 Å². The summed E-state index contributed by atoms with van der Waals surface area (Å²) in [6.45, 7) is 0. The van der Waals surface area contributed by atoms with Crippen LogP contribution in [0.4, 0.5) is 5.69 Å². The number of Topliss-reactive ketones (excluding diaryl/α,β-unsaturated/α-hetero) is 1. The molecule has 13 heavy (non-hydrogen) atoms. The summed E-state index contributed by atoms with van der Waals surface area (Å²) in [5.41, 5.74) is 2.07. The van der Waals surface area contributed by atoms with Gasteiger partial charge in [0.25, 0.3) is 0 Å². The van der Waals surface area contributed by atoms with Crippen molar-refractivity contribution in [2.24, 2.45) is 4.99 Å². The van der Waals surface area contributed by atoms with Crippen molar-refractivity contribution >= 4 is 28.3 Å². The number of hydrogen-bond acceptors (Lipinski definition) is 3. The van der Waals surface area contributed by atoms with Gasteiger partial charge in [0.05, 0.1) is 22.4 Å². The fourth-order valence-corrected chi connectivity index (χ4v) is 2.85. The van der Waals surface area contributed by atoms with Crippen LogP contribution in [0.1, 0.15) is 11.5 Å². The molecule has 1 saturated heterocycles. The van der Waals surface area contributed by atoms with E-state index in [-0.39, 0.29) is 5.92 Å². The van der Waals surface area contributed by atoms with E-state index >= 15 is 0 Å². The van der Waals surface area contributed by atoms with Gasteiger partial charge in [0, 0.05) is 0 Å². The van der Waals surface area contributed by atoms with Crippen molar-refractivity contribution in [1.82, 2.24) is 0 Å². The first-order chi connectivity index (χ1) is 6.36. The lowest BCUT2D eigenvalue weighted by atomic mass is 9.98. The fourth-order valence-electron chi connectivity index (χ4n) is 1.80. The lowest BCUT2D eigenvalue weighted by Crippen LogP contribution is -2.08. The van der Waals surface area contributed by atoms with Gasteiger partial charge in [-0.3, -0.25) is 4.79 Å². The molecule has 2 aliphatic heterocycles. The summed E-state index contributed by atoms with van der Waals surface area (Å²) in [5.74, 6) is 0.868. The van der Waals surface area contributed by atoms with Crippen LogP contribution in [0.2, 0.25) is 0 Å². The zero-order valence-electron chi connectivity index (χ0n) is 6.86. The number of fused-ring (bicyclic) bond motifs is 3. The van der Waals surface area contributed by atoms with Crippen LogP contribution in [0.25, 0.3) is 0 Å². The highest BCUT2D eigenvalue weighted by molar-refractivity contribution is 8.15. The molecule has 2 aliphatic rings. The van der Waals surface area contributed by atoms with E-state index in [9.17, 15) is 4.79 Å². The van der Waals surface area contributed by atoms with Crippen molar-refractivity contribution in [2.75, 3.05) is 5.75 Å². The summed E-state index contributed by atoms with van der Waals surface area (Å²) in [4.78, 5) is 15.9. The predicted octanol–water partition coefficient (Wildman–Crippen LogP) is 2.13. The van der Waals surface area contributed by atoms with Crippen LogP contribution in [0.3, 0.4) is 0 Å². The average Bonchev–Trinajstić information content (AvgIpc) is 2.66. The van der Waals surface area contributed by atoms with Gasteiger partial charge in [0.1, 0.15) is 0 Å². The summed E-state index contributed by atoms with van der Waals surface area (Å²) in [5, 5.41) is 0.992. The van der Waals surface area contributed by atoms with Gasteiger partial charge in [0.2, 0.25) is 0 Å². The van der Waals surface area contributed by atoms with Crippen LogP contribution in [-0.4, -0.2) is 16.6 Å². The van der Waals surface area contributed by atoms with Gasteiger partial charge < -0.3 is 0 Å². The number of carbonyl (C=O) groups is 1. The molecule has 1 atom stereocenters. The maximum atomic E-state index is 11.5. The second kappa shape index (κ2) is 2.45. The fraction of sp³-hybridized carbons (Fsp3) is 0.200. The van der Waals surface area contributed by atoms with Crippen LogP contribution in [0, 0.1) is 0 Å². The number of aliphatic imine (C=N–C) groups is 1. The summed E-state index contributed by atoms with van der Waals surface area (Å²) in [6.07, 6.45) is 0. The van der Waals surface area contributed by atoms with Crippen molar-refractivity contribution in [3.8, 4) is 0 Å². The van der Waals surface area contributed by atoms with Crippen LogP contribution >= 0.6 is 11.8 Å². The Morgan fingerprint density at radius 1 is 1.38 bits per heavy atom. The maximum Gasteiger partial charge on any atom is 0.157 e. The number of rotatable bonds is 0. The molecule has 0 aromatic heterocycles. The lowest BCUT2D eigenvalue weighted by Gasteiger charge is -2.02. The highest BCUT2D eigenvalue weighted by Gasteiger charge is 2.38. The first-order valence-electron chi connectivity index (χ1n) is 4.19. The molecule has 1 aromatic carbocycles. The molecule has 2 nitrogen and oxygen atoms in total. The number of hydrogen-bond donors (Lipinski definition) is 0. The van der Waals surface area contributed by atoms with Crippen molar-refractivity contribution in [3.63, 3.8) is 0 Å². The molecule has 0 spiro atoms. The SMILES string of the molecule is O=C1CSC2=Nc3ccccc3C12. The number of ketones is 1. The quantitative estimate of drug-likeness (QED) is 0.625. The third-order valence-corrected chi connectivity index (χ3v) is 3.46. The molecule has 1 aromatic rings. The second-order valence-electron chi connectivity index (χ2n) is 3.20. The molecule has 64 valence electrons. The van der Waals surface area contributed by atoms with Crippen molar-refractivity contribution in [2.45, 2.75) is 5.92 Å². The zero-order chi connectivity index (χ0) is 8.84. The summed E-state index contributed by atoms with van der Waals surface area (Å²) >= 11 is 1.58. The molecule has 1 fully saturated rings. The minimum atomic E-state index is -0.0267. The Kier molecular flexibility index (Phi) is 1.38. The highest BCUT2D eigenvalue weighted by atomic mass is 32.2. The summed E-state index contributed by atoms with van der Waals surface area (Å²) in [7, 11) is 0. The van der Waals surface area contributed by atoms with Gasteiger partial charge in [-0.2, -0.15) is 0 Å². The molecule has 1 unspecified atom stereocenters. The number of nitrogens with zero attached hydrogens (tertiary/aromatic N) is 1. The van der Waals surface area contributed by atoms with E-state index in [1.54, 1.807) is 11.8 Å². The van der Waals surface area contributed by atoms with Gasteiger partial charge >= 0.3 is 0 Å². The molecule has 3 heteroatoms. The molecule has 0 amide bonds. The van der Waals surface area contributed by atoms with Crippen LogP contribution in [0.15, 0.2) is 29.3 Å². The Morgan fingerprint density at radius 3 is 3.15 bits per heavy atom. The Balaban J connectivity index is 2.21. The smallest absolute Gasteiger partial charge is 0.157 e. The maximum absolute atomic E-state index is 11.5. The molecule has 0 aliphatic carbocycles. The third kappa shape index (κ3) is 0.907. The Morgan fingerprint density at radius 2 is 2.23 bits per heavy atom. The lowest BCUT2D eigenvalue weighted by molar-refractivity contribution is -0.116. The van der Waals surface area contributed by atoms with E-state index in [0.717, 1.165) is 16.3 Å². The molecular formula is C10H7NOS. The predicted molar refractivity (Wildman–Crippen MR) is 53.7 cm³/mol. The van der Waals surface area contributed by atoms with Gasteiger partial charge in [-0.25, -0.2) is 4.99 Å².